The number of benzene rings is 1. The molecule has 0 bridgehead atoms. The summed E-state index contributed by atoms with van der Waals surface area (Å²) in [5, 5.41) is 11.9. The number of hydrogen-bond donors (Lipinski definition) is 2. The van der Waals surface area contributed by atoms with Gasteiger partial charge in [0.05, 0.1) is 23.0 Å². The van der Waals surface area contributed by atoms with Gasteiger partial charge in [0.25, 0.3) is 5.56 Å². The first-order valence-electron chi connectivity index (χ1n) is 5.81. The number of aromatic nitrogens is 2. The molecule has 1 aliphatic carbocycles. The van der Waals surface area contributed by atoms with Crippen LogP contribution < -0.4 is 11.3 Å². The van der Waals surface area contributed by atoms with E-state index in [2.05, 4.69) is 11.2 Å². The minimum Gasteiger partial charge on any atom is -0.393 e. The van der Waals surface area contributed by atoms with Crippen LogP contribution in [0, 0.1) is 11.3 Å². The van der Waals surface area contributed by atoms with E-state index in [1.807, 2.05) is 0 Å². The molecule has 0 aliphatic heterocycles. The van der Waals surface area contributed by atoms with Crippen molar-refractivity contribution < 1.29 is 0 Å². The topological polar surface area (TPSA) is 87.6 Å². The maximum absolute atomic E-state index is 12.0. The van der Waals surface area contributed by atoms with E-state index >= 15 is 0 Å². The van der Waals surface area contributed by atoms with Gasteiger partial charge < -0.3 is 5.73 Å². The van der Waals surface area contributed by atoms with Gasteiger partial charge in [0.2, 0.25) is 0 Å². The molecule has 0 saturated heterocycles. The molecule has 3 N–H and O–H groups in total. The second-order valence-electron chi connectivity index (χ2n) is 4.52. The van der Waals surface area contributed by atoms with Crippen molar-refractivity contribution in [3.63, 3.8) is 0 Å². The molecule has 0 atom stereocenters. The smallest absolute Gasteiger partial charge is 0.294 e. The third-order valence-electron chi connectivity index (χ3n) is 3.17. The number of nitriles is 1. The molecule has 1 fully saturated rings. The van der Waals surface area contributed by atoms with E-state index in [-0.39, 0.29) is 5.56 Å². The van der Waals surface area contributed by atoms with E-state index in [1.54, 1.807) is 24.3 Å². The average molecular weight is 240 g/mol. The molecular weight excluding hydrogens is 228 g/mol. The first kappa shape index (κ1) is 10.7. The van der Waals surface area contributed by atoms with Crippen molar-refractivity contribution >= 4 is 5.69 Å². The Kier molecular flexibility index (Phi) is 2.23. The Morgan fingerprint density at radius 3 is 2.89 bits per heavy atom. The highest BCUT2D eigenvalue weighted by Crippen LogP contribution is 2.40. The van der Waals surface area contributed by atoms with E-state index < -0.39 is 0 Å². The highest BCUT2D eigenvalue weighted by atomic mass is 16.1. The molecule has 1 aromatic heterocycles. The number of nitrogens with one attached hydrogen (secondary N) is 1. The second-order valence-corrected chi connectivity index (χ2v) is 4.52. The molecular formula is C13H12N4O. The summed E-state index contributed by atoms with van der Waals surface area (Å²) in [4.78, 5) is 12.0. The number of anilines is 1. The van der Waals surface area contributed by atoms with Crippen molar-refractivity contribution in [2.45, 2.75) is 18.8 Å². The SMILES string of the molecule is N#Cc1cccc(-n2[nH]c(C3CC3)c(N)c2=O)c1. The lowest BCUT2D eigenvalue weighted by Crippen LogP contribution is -2.16. The molecule has 90 valence electrons. The lowest BCUT2D eigenvalue weighted by atomic mass is 10.2. The molecule has 1 heterocycles. The number of hydrogen-bond acceptors (Lipinski definition) is 3. The molecule has 5 nitrogen and oxygen atoms in total. The Hall–Kier alpha value is -2.48. The van der Waals surface area contributed by atoms with Gasteiger partial charge in [-0.05, 0) is 31.0 Å². The van der Waals surface area contributed by atoms with Crippen LogP contribution in [0.25, 0.3) is 5.69 Å². The number of rotatable bonds is 2. The summed E-state index contributed by atoms with van der Waals surface area (Å²) < 4.78 is 1.41. The van der Waals surface area contributed by atoms with E-state index in [1.165, 1.54) is 4.68 Å². The van der Waals surface area contributed by atoms with Gasteiger partial charge in [-0.3, -0.25) is 9.89 Å². The fraction of sp³-hybridized carbons (Fsp3) is 0.231. The second kappa shape index (κ2) is 3.77. The summed E-state index contributed by atoms with van der Waals surface area (Å²) >= 11 is 0. The Morgan fingerprint density at radius 2 is 2.22 bits per heavy atom. The van der Waals surface area contributed by atoms with Gasteiger partial charge >= 0.3 is 0 Å². The van der Waals surface area contributed by atoms with E-state index in [0.29, 0.717) is 22.9 Å². The molecule has 1 saturated carbocycles. The number of H-pyrrole nitrogens is 1. The van der Waals surface area contributed by atoms with Crippen LogP contribution in [-0.4, -0.2) is 9.78 Å². The van der Waals surface area contributed by atoms with E-state index in [4.69, 9.17) is 11.0 Å². The zero-order valence-corrected chi connectivity index (χ0v) is 9.68. The molecule has 5 heteroatoms. The highest BCUT2D eigenvalue weighted by Gasteiger charge is 2.29. The zero-order valence-electron chi connectivity index (χ0n) is 9.68. The zero-order chi connectivity index (χ0) is 12.7. The number of nitrogens with zero attached hydrogens (tertiary/aromatic N) is 2. The summed E-state index contributed by atoms with van der Waals surface area (Å²) in [5.41, 5.74) is 7.84. The largest absolute Gasteiger partial charge is 0.393 e. The van der Waals surface area contributed by atoms with Crippen LogP contribution in [0.3, 0.4) is 0 Å². The van der Waals surface area contributed by atoms with Gasteiger partial charge in [-0.2, -0.15) is 5.26 Å². The predicted octanol–water partition coefficient (Wildman–Crippen LogP) is 1.50. The first-order valence-corrected chi connectivity index (χ1v) is 5.81. The van der Waals surface area contributed by atoms with Crippen LogP contribution in [0.5, 0.6) is 0 Å². The van der Waals surface area contributed by atoms with Crippen LogP contribution in [-0.2, 0) is 0 Å². The monoisotopic (exact) mass is 240 g/mol. The molecule has 1 aromatic carbocycles. The van der Waals surface area contributed by atoms with Crippen molar-refractivity contribution in [3.8, 4) is 11.8 Å². The number of nitrogen functional groups attached to an aromatic ring is 1. The first-order chi connectivity index (χ1) is 8.70. The minimum absolute atomic E-state index is 0.244. The van der Waals surface area contributed by atoms with Crippen LogP contribution in [0.4, 0.5) is 5.69 Å². The van der Waals surface area contributed by atoms with Crippen LogP contribution >= 0.6 is 0 Å². The lowest BCUT2D eigenvalue weighted by molar-refractivity contribution is 0.816. The van der Waals surface area contributed by atoms with Crippen molar-refractivity contribution in [1.29, 1.82) is 5.26 Å². The maximum atomic E-state index is 12.0. The molecule has 0 unspecified atom stereocenters. The van der Waals surface area contributed by atoms with Crippen molar-refractivity contribution in [3.05, 3.63) is 45.9 Å². The predicted molar refractivity (Wildman–Crippen MR) is 67.5 cm³/mol. The van der Waals surface area contributed by atoms with Gasteiger partial charge in [0.15, 0.2) is 0 Å². The van der Waals surface area contributed by atoms with Crippen molar-refractivity contribution in [2.24, 2.45) is 0 Å². The summed E-state index contributed by atoms with van der Waals surface area (Å²) in [6.45, 7) is 0. The summed E-state index contributed by atoms with van der Waals surface area (Å²) in [7, 11) is 0. The van der Waals surface area contributed by atoms with Crippen molar-refractivity contribution in [2.75, 3.05) is 5.73 Å². The van der Waals surface area contributed by atoms with Crippen LogP contribution in [0.2, 0.25) is 0 Å². The molecule has 2 aromatic rings. The molecule has 0 spiro atoms. The number of nitrogens with two attached hydrogens (primary N) is 1. The Balaban J connectivity index is 2.14. The lowest BCUT2D eigenvalue weighted by Gasteiger charge is -2.01. The standard InChI is InChI=1S/C13H12N4O/c14-7-8-2-1-3-10(6-8)17-13(18)11(15)12(16-17)9-4-5-9/h1-3,6,9,16H,4-5,15H2. The van der Waals surface area contributed by atoms with Gasteiger partial charge in [-0.15, -0.1) is 0 Å². The minimum atomic E-state index is -0.244. The summed E-state index contributed by atoms with van der Waals surface area (Å²) in [5.74, 6) is 0.387. The third kappa shape index (κ3) is 1.59. The average Bonchev–Trinajstić information content (AvgIpc) is 3.19. The Morgan fingerprint density at radius 1 is 1.44 bits per heavy atom. The van der Waals surface area contributed by atoms with E-state index in [9.17, 15) is 4.79 Å². The molecule has 18 heavy (non-hydrogen) atoms. The van der Waals surface area contributed by atoms with Crippen LogP contribution in [0.15, 0.2) is 29.1 Å². The highest BCUT2D eigenvalue weighted by molar-refractivity contribution is 5.48. The quantitative estimate of drug-likeness (QED) is 0.833. The summed E-state index contributed by atoms with van der Waals surface area (Å²) in [6, 6.07) is 8.93. The summed E-state index contributed by atoms with van der Waals surface area (Å²) in [6.07, 6.45) is 2.14. The van der Waals surface area contributed by atoms with Gasteiger partial charge in [0.1, 0.15) is 5.69 Å². The van der Waals surface area contributed by atoms with E-state index in [0.717, 1.165) is 18.5 Å². The molecule has 0 radical (unpaired) electrons. The maximum Gasteiger partial charge on any atom is 0.294 e. The van der Waals surface area contributed by atoms with Crippen LogP contribution in [0.1, 0.15) is 30.0 Å². The van der Waals surface area contributed by atoms with Crippen molar-refractivity contribution in [1.82, 2.24) is 9.78 Å². The van der Waals surface area contributed by atoms with Gasteiger partial charge in [-0.1, -0.05) is 6.07 Å². The molecule has 1 aliphatic rings. The van der Waals surface area contributed by atoms with Gasteiger partial charge in [-0.25, -0.2) is 4.68 Å². The molecule has 3 rings (SSSR count). The van der Waals surface area contributed by atoms with Gasteiger partial charge in [0, 0.05) is 5.92 Å². The fourth-order valence-corrected chi connectivity index (χ4v) is 2.05. The fourth-order valence-electron chi connectivity index (χ4n) is 2.05. The number of aromatic amines is 1. The molecule has 0 amide bonds. The Bertz CT molecular complexity index is 701. The normalized spacial score (nSPS) is 14.4. The Labute approximate surface area is 103 Å². The third-order valence-corrected chi connectivity index (χ3v) is 3.17.